The Bertz CT molecular complexity index is 584. The van der Waals surface area contributed by atoms with Crippen molar-refractivity contribution >= 4 is 0 Å². The SMILES string of the molecule is FC1CC(OC(F)(F)C2C(F)CC(C3CCCCC3)CC2F)CCC1OC(F)C(F)(F)F. The van der Waals surface area contributed by atoms with E-state index >= 15 is 0 Å². The van der Waals surface area contributed by atoms with E-state index in [4.69, 9.17) is 0 Å². The van der Waals surface area contributed by atoms with E-state index in [0.717, 1.165) is 32.1 Å². The van der Waals surface area contributed by atoms with E-state index in [1.54, 1.807) is 0 Å². The molecule has 3 aliphatic rings. The van der Waals surface area contributed by atoms with E-state index in [1.165, 1.54) is 0 Å². The van der Waals surface area contributed by atoms with Crippen LogP contribution < -0.4 is 0 Å². The molecular formula is C21H29F9O2. The van der Waals surface area contributed by atoms with Crippen molar-refractivity contribution in [1.82, 2.24) is 0 Å². The minimum Gasteiger partial charge on any atom is -0.335 e. The van der Waals surface area contributed by atoms with Gasteiger partial charge in [-0.1, -0.05) is 32.1 Å². The van der Waals surface area contributed by atoms with Crippen molar-refractivity contribution in [2.24, 2.45) is 17.8 Å². The highest BCUT2D eigenvalue weighted by atomic mass is 19.4. The molecule has 6 atom stereocenters. The Labute approximate surface area is 181 Å². The van der Waals surface area contributed by atoms with Gasteiger partial charge in [0.2, 0.25) is 0 Å². The molecule has 0 aliphatic heterocycles. The molecule has 0 spiro atoms. The fraction of sp³-hybridized carbons (Fsp3) is 1.00. The second-order valence-corrected chi connectivity index (χ2v) is 9.35. The zero-order valence-corrected chi connectivity index (χ0v) is 17.5. The Kier molecular flexibility index (Phi) is 8.32. The summed E-state index contributed by atoms with van der Waals surface area (Å²) in [6.07, 6.45) is -20.3. The minimum absolute atomic E-state index is 0.120. The Morgan fingerprint density at radius 1 is 0.688 bits per heavy atom. The summed E-state index contributed by atoms with van der Waals surface area (Å²) in [6, 6.07) is 0. The van der Waals surface area contributed by atoms with Crippen LogP contribution in [0.2, 0.25) is 0 Å². The highest BCUT2D eigenvalue weighted by molar-refractivity contribution is 4.94. The standard InChI is InChI=1S/C21H29F9O2/c22-14-10-13(6-7-17(14)31-19(25)20(26,27)28)32-21(29,30)18-15(23)8-12(9-16(18)24)11-4-2-1-3-5-11/h11-19H,1-10H2. The van der Waals surface area contributed by atoms with Crippen LogP contribution in [0.25, 0.3) is 0 Å². The number of ether oxygens (including phenoxy) is 2. The Morgan fingerprint density at radius 2 is 1.28 bits per heavy atom. The maximum atomic E-state index is 14.7. The molecule has 32 heavy (non-hydrogen) atoms. The lowest BCUT2D eigenvalue weighted by Crippen LogP contribution is -2.51. The largest absolute Gasteiger partial charge is 0.445 e. The molecule has 11 heteroatoms. The molecule has 0 aromatic rings. The number of rotatable bonds is 6. The summed E-state index contributed by atoms with van der Waals surface area (Å²) in [5.74, 6) is -2.51. The Morgan fingerprint density at radius 3 is 1.81 bits per heavy atom. The molecule has 3 rings (SSSR count). The smallest absolute Gasteiger partial charge is 0.335 e. The lowest BCUT2D eigenvalue weighted by Gasteiger charge is -2.43. The van der Waals surface area contributed by atoms with Crippen LogP contribution in [-0.4, -0.2) is 49.4 Å². The molecule has 3 fully saturated rings. The zero-order chi connectivity index (χ0) is 23.7. The first-order valence-corrected chi connectivity index (χ1v) is 11.2. The van der Waals surface area contributed by atoms with E-state index in [2.05, 4.69) is 9.47 Å². The molecule has 188 valence electrons. The normalized spacial score (nSPS) is 39.1. The third-order valence-corrected chi connectivity index (χ3v) is 7.08. The van der Waals surface area contributed by atoms with Crippen LogP contribution in [0.3, 0.4) is 0 Å². The molecule has 0 amide bonds. The maximum Gasteiger partial charge on any atom is 0.445 e. The average Bonchev–Trinajstić information content (AvgIpc) is 2.68. The quantitative estimate of drug-likeness (QED) is 0.378. The van der Waals surface area contributed by atoms with Crippen LogP contribution in [-0.2, 0) is 9.47 Å². The molecule has 0 aromatic carbocycles. The summed E-state index contributed by atoms with van der Waals surface area (Å²) in [6.45, 7) is 0. The van der Waals surface area contributed by atoms with Gasteiger partial charge in [0, 0.05) is 6.42 Å². The van der Waals surface area contributed by atoms with Crippen molar-refractivity contribution in [1.29, 1.82) is 0 Å². The molecule has 0 heterocycles. The monoisotopic (exact) mass is 484 g/mol. The third kappa shape index (κ3) is 6.24. The highest BCUT2D eigenvalue weighted by Crippen LogP contribution is 2.48. The van der Waals surface area contributed by atoms with Crippen molar-refractivity contribution in [3.05, 3.63) is 0 Å². The Balaban J connectivity index is 1.54. The average molecular weight is 484 g/mol. The van der Waals surface area contributed by atoms with Gasteiger partial charge in [-0.25, -0.2) is 17.6 Å². The number of alkyl halides is 9. The predicted molar refractivity (Wildman–Crippen MR) is 97.0 cm³/mol. The summed E-state index contributed by atoms with van der Waals surface area (Å²) in [4.78, 5) is 0. The summed E-state index contributed by atoms with van der Waals surface area (Å²) in [5.41, 5.74) is 0. The van der Waals surface area contributed by atoms with Gasteiger partial charge in [0.15, 0.2) is 0 Å². The molecule has 6 unspecified atom stereocenters. The van der Waals surface area contributed by atoms with Crippen molar-refractivity contribution in [3.8, 4) is 0 Å². The molecule has 0 saturated heterocycles. The molecule has 3 aliphatic carbocycles. The van der Waals surface area contributed by atoms with Crippen molar-refractivity contribution in [2.45, 2.75) is 114 Å². The van der Waals surface area contributed by atoms with Crippen molar-refractivity contribution in [2.75, 3.05) is 0 Å². The van der Waals surface area contributed by atoms with Gasteiger partial charge in [-0.3, -0.25) is 0 Å². The predicted octanol–water partition coefficient (Wildman–Crippen LogP) is 7.01. The summed E-state index contributed by atoms with van der Waals surface area (Å²) >= 11 is 0. The fourth-order valence-electron chi connectivity index (χ4n) is 5.45. The van der Waals surface area contributed by atoms with Crippen LogP contribution in [0, 0.1) is 17.8 Å². The van der Waals surface area contributed by atoms with Crippen LogP contribution in [0.1, 0.15) is 64.2 Å². The van der Waals surface area contributed by atoms with E-state index < -0.39 is 68.1 Å². The van der Waals surface area contributed by atoms with Crippen molar-refractivity contribution in [3.63, 3.8) is 0 Å². The van der Waals surface area contributed by atoms with E-state index in [-0.39, 0.29) is 31.1 Å². The topological polar surface area (TPSA) is 18.5 Å². The first-order valence-electron chi connectivity index (χ1n) is 11.2. The lowest BCUT2D eigenvalue weighted by molar-refractivity contribution is -0.326. The van der Waals surface area contributed by atoms with Gasteiger partial charge < -0.3 is 9.47 Å². The molecule has 0 radical (unpaired) electrons. The fourth-order valence-corrected chi connectivity index (χ4v) is 5.45. The van der Waals surface area contributed by atoms with Gasteiger partial charge in [0.25, 0.3) is 6.36 Å². The summed E-state index contributed by atoms with van der Waals surface area (Å²) in [7, 11) is 0. The summed E-state index contributed by atoms with van der Waals surface area (Å²) in [5, 5.41) is 0. The number of halogens is 9. The van der Waals surface area contributed by atoms with Crippen molar-refractivity contribution < 1.29 is 49.0 Å². The van der Waals surface area contributed by atoms with Crippen LogP contribution in [0.15, 0.2) is 0 Å². The van der Waals surface area contributed by atoms with Gasteiger partial charge in [0.1, 0.15) is 24.4 Å². The van der Waals surface area contributed by atoms with E-state index in [1.807, 2.05) is 0 Å². The van der Waals surface area contributed by atoms with Crippen LogP contribution in [0.4, 0.5) is 39.5 Å². The third-order valence-electron chi connectivity index (χ3n) is 7.08. The van der Waals surface area contributed by atoms with Crippen LogP contribution in [0.5, 0.6) is 0 Å². The van der Waals surface area contributed by atoms with Gasteiger partial charge in [-0.2, -0.15) is 22.0 Å². The van der Waals surface area contributed by atoms with Gasteiger partial charge in [0.05, 0.1) is 12.2 Å². The van der Waals surface area contributed by atoms with E-state index in [0.29, 0.717) is 0 Å². The van der Waals surface area contributed by atoms with Gasteiger partial charge in [-0.05, 0) is 37.5 Å². The molecule has 0 bridgehead atoms. The van der Waals surface area contributed by atoms with E-state index in [9.17, 15) is 39.5 Å². The molecule has 3 saturated carbocycles. The second-order valence-electron chi connectivity index (χ2n) is 9.35. The number of hydrogen-bond acceptors (Lipinski definition) is 2. The zero-order valence-electron chi connectivity index (χ0n) is 17.5. The van der Waals surface area contributed by atoms with Crippen LogP contribution >= 0.6 is 0 Å². The first-order chi connectivity index (χ1) is 14.9. The maximum absolute atomic E-state index is 14.7. The molecule has 0 N–H and O–H groups in total. The van der Waals surface area contributed by atoms with Gasteiger partial charge >= 0.3 is 12.3 Å². The number of hydrogen-bond donors (Lipinski definition) is 0. The minimum atomic E-state index is -5.33. The second kappa shape index (κ2) is 10.3. The first kappa shape index (κ1) is 25.9. The summed E-state index contributed by atoms with van der Waals surface area (Å²) < 4.78 is 131. The molecular weight excluding hydrogens is 455 g/mol. The lowest BCUT2D eigenvalue weighted by atomic mass is 9.69. The Hall–Kier alpha value is -0.710. The van der Waals surface area contributed by atoms with Gasteiger partial charge in [-0.15, -0.1) is 0 Å². The highest BCUT2D eigenvalue weighted by Gasteiger charge is 2.56. The molecule has 0 aromatic heterocycles. The molecule has 2 nitrogen and oxygen atoms in total.